The minimum atomic E-state index is 0. The highest BCUT2D eigenvalue weighted by atomic mass is 35.5. The third-order valence-electron chi connectivity index (χ3n) is 3.84. The predicted molar refractivity (Wildman–Crippen MR) is 97.4 cm³/mol. The zero-order valence-corrected chi connectivity index (χ0v) is 14.0. The molecule has 8 nitrogen and oxygen atoms in total. The summed E-state index contributed by atoms with van der Waals surface area (Å²) in [6.07, 6.45) is 5.14. The lowest BCUT2D eigenvalue weighted by Crippen LogP contribution is -1.95. The summed E-state index contributed by atoms with van der Waals surface area (Å²) in [6, 6.07) is 5.42. The summed E-state index contributed by atoms with van der Waals surface area (Å²) in [6.45, 7) is 0. The lowest BCUT2D eigenvalue weighted by molar-refractivity contribution is 0.417. The summed E-state index contributed by atoms with van der Waals surface area (Å²) in [5, 5.41) is 11.2. The van der Waals surface area contributed by atoms with Crippen LogP contribution in [0, 0.1) is 0 Å². The maximum Gasteiger partial charge on any atom is 0.180 e. The van der Waals surface area contributed by atoms with Crippen molar-refractivity contribution in [3.05, 3.63) is 36.8 Å². The number of rotatable bonds is 3. The van der Waals surface area contributed by atoms with Gasteiger partial charge in [0.1, 0.15) is 5.75 Å². The van der Waals surface area contributed by atoms with Crippen LogP contribution in [0.4, 0.5) is 11.5 Å². The highest BCUT2D eigenvalue weighted by Crippen LogP contribution is 2.38. The van der Waals surface area contributed by atoms with Crippen LogP contribution in [0.15, 0.2) is 41.3 Å². The van der Waals surface area contributed by atoms with Crippen molar-refractivity contribution >= 4 is 34.9 Å². The van der Waals surface area contributed by atoms with Crippen molar-refractivity contribution in [1.29, 1.82) is 0 Å². The first kappa shape index (κ1) is 16.6. The molecule has 0 unspecified atom stereocenters. The molecule has 0 spiro atoms. The lowest BCUT2D eigenvalue weighted by atomic mass is 10.0. The Balaban J connectivity index is 0.00000182. The highest BCUT2D eigenvalue weighted by molar-refractivity contribution is 6.05. The van der Waals surface area contributed by atoms with E-state index in [0.717, 1.165) is 16.7 Å². The molecule has 9 heteroatoms. The summed E-state index contributed by atoms with van der Waals surface area (Å²) >= 11 is 0. The van der Waals surface area contributed by atoms with E-state index in [2.05, 4.69) is 20.3 Å². The topological polar surface area (TPSA) is 129 Å². The van der Waals surface area contributed by atoms with Gasteiger partial charge in [-0.3, -0.25) is 10.1 Å². The van der Waals surface area contributed by atoms with Gasteiger partial charge in [-0.1, -0.05) is 11.2 Å². The quantitative estimate of drug-likeness (QED) is 0.480. The van der Waals surface area contributed by atoms with E-state index >= 15 is 0 Å². The number of nitrogens with zero attached hydrogens (tertiary/aromatic N) is 3. The SMILES string of the molecule is COc1cc(-c2ncc(-c3cn[nH]c3)c3onc(N)c23)ccc1N.Cl. The third kappa shape index (κ3) is 2.62. The number of pyridine rings is 1. The molecular formula is C16H15ClN6O2. The van der Waals surface area contributed by atoms with Gasteiger partial charge in [-0.05, 0) is 12.1 Å². The summed E-state index contributed by atoms with van der Waals surface area (Å²) in [5.74, 6) is 0.838. The van der Waals surface area contributed by atoms with Crippen molar-refractivity contribution in [3.8, 4) is 28.1 Å². The fourth-order valence-electron chi connectivity index (χ4n) is 2.65. The largest absolute Gasteiger partial charge is 0.495 e. The Bertz CT molecular complexity index is 1030. The molecule has 0 saturated carbocycles. The standard InChI is InChI=1S/C16H14N6O2.ClH/c1-23-12-4-8(2-3-11(12)17)14-13-15(24-22-16(13)18)10(7-19-14)9-5-20-21-6-9;/h2-7H,17H2,1H3,(H2,18,22)(H,20,21);1H. The molecule has 3 heterocycles. The Morgan fingerprint density at radius 3 is 2.72 bits per heavy atom. The fourth-order valence-corrected chi connectivity index (χ4v) is 2.65. The number of fused-ring (bicyclic) bond motifs is 1. The molecule has 4 rings (SSSR count). The zero-order chi connectivity index (χ0) is 16.7. The van der Waals surface area contributed by atoms with Crippen LogP contribution in [0.1, 0.15) is 0 Å². The van der Waals surface area contributed by atoms with Gasteiger partial charge in [0.05, 0.1) is 30.1 Å². The fraction of sp³-hybridized carbons (Fsp3) is 0.0625. The van der Waals surface area contributed by atoms with Crippen LogP contribution in [0.25, 0.3) is 33.4 Å². The minimum absolute atomic E-state index is 0. The van der Waals surface area contributed by atoms with Gasteiger partial charge in [-0.2, -0.15) is 5.10 Å². The molecule has 0 saturated heterocycles. The monoisotopic (exact) mass is 358 g/mol. The number of ether oxygens (including phenoxy) is 1. The lowest BCUT2D eigenvalue weighted by Gasteiger charge is -2.09. The molecule has 0 bridgehead atoms. The average Bonchev–Trinajstić information content (AvgIpc) is 3.25. The molecule has 128 valence electrons. The van der Waals surface area contributed by atoms with Gasteiger partial charge in [-0.25, -0.2) is 0 Å². The van der Waals surface area contributed by atoms with Gasteiger partial charge >= 0.3 is 0 Å². The van der Waals surface area contributed by atoms with E-state index < -0.39 is 0 Å². The van der Waals surface area contributed by atoms with Crippen molar-refractivity contribution in [1.82, 2.24) is 20.3 Å². The Kier molecular flexibility index (Phi) is 4.20. The first-order valence-corrected chi connectivity index (χ1v) is 7.16. The molecule has 0 radical (unpaired) electrons. The van der Waals surface area contributed by atoms with Gasteiger partial charge in [0.15, 0.2) is 11.4 Å². The molecule has 1 aromatic carbocycles. The Hall–Kier alpha value is -3.26. The number of nitrogens with two attached hydrogens (primary N) is 2. The third-order valence-corrected chi connectivity index (χ3v) is 3.84. The maximum absolute atomic E-state index is 6.01. The van der Waals surface area contributed by atoms with E-state index in [9.17, 15) is 0 Å². The molecule has 0 aliphatic heterocycles. The van der Waals surface area contributed by atoms with Crippen LogP contribution in [0.5, 0.6) is 5.75 Å². The smallest absolute Gasteiger partial charge is 0.180 e. The summed E-state index contributed by atoms with van der Waals surface area (Å²) < 4.78 is 10.7. The van der Waals surface area contributed by atoms with Crippen LogP contribution in [0.2, 0.25) is 0 Å². The van der Waals surface area contributed by atoms with Gasteiger partial charge in [0, 0.05) is 29.1 Å². The second-order valence-corrected chi connectivity index (χ2v) is 5.24. The number of hydrogen-bond acceptors (Lipinski definition) is 7. The molecule has 3 aromatic heterocycles. The molecule has 0 aliphatic rings. The summed E-state index contributed by atoms with van der Waals surface area (Å²) in [4.78, 5) is 4.55. The van der Waals surface area contributed by atoms with E-state index in [1.54, 1.807) is 37.8 Å². The van der Waals surface area contributed by atoms with Crippen LogP contribution >= 0.6 is 12.4 Å². The molecule has 0 fully saturated rings. The Labute approximate surface area is 148 Å². The number of anilines is 2. The molecule has 25 heavy (non-hydrogen) atoms. The number of hydrogen-bond donors (Lipinski definition) is 3. The van der Waals surface area contributed by atoms with E-state index in [1.807, 2.05) is 6.07 Å². The van der Waals surface area contributed by atoms with Gasteiger partial charge in [-0.15, -0.1) is 12.4 Å². The van der Waals surface area contributed by atoms with Crippen LogP contribution < -0.4 is 16.2 Å². The summed E-state index contributed by atoms with van der Waals surface area (Å²) in [5.41, 5.74) is 16.0. The maximum atomic E-state index is 6.01. The zero-order valence-electron chi connectivity index (χ0n) is 13.2. The van der Waals surface area contributed by atoms with E-state index in [1.165, 1.54) is 0 Å². The van der Waals surface area contributed by atoms with Gasteiger partial charge < -0.3 is 20.7 Å². The van der Waals surface area contributed by atoms with Crippen molar-refractivity contribution in [2.24, 2.45) is 0 Å². The summed E-state index contributed by atoms with van der Waals surface area (Å²) in [7, 11) is 1.56. The minimum Gasteiger partial charge on any atom is -0.495 e. The molecular weight excluding hydrogens is 344 g/mol. The van der Waals surface area contributed by atoms with Crippen molar-refractivity contribution in [2.45, 2.75) is 0 Å². The Morgan fingerprint density at radius 1 is 1.16 bits per heavy atom. The number of methoxy groups -OCH3 is 1. The normalized spacial score (nSPS) is 10.6. The number of aromatic nitrogens is 4. The van der Waals surface area contributed by atoms with E-state index in [-0.39, 0.29) is 18.2 Å². The Morgan fingerprint density at radius 2 is 2.00 bits per heavy atom. The number of nitrogens with one attached hydrogen (secondary N) is 1. The van der Waals surface area contributed by atoms with Crippen LogP contribution in [-0.2, 0) is 0 Å². The van der Waals surface area contributed by atoms with Crippen molar-refractivity contribution in [3.63, 3.8) is 0 Å². The molecule has 0 atom stereocenters. The average molecular weight is 359 g/mol. The second-order valence-electron chi connectivity index (χ2n) is 5.24. The number of halogens is 1. The first-order valence-electron chi connectivity index (χ1n) is 7.16. The number of aromatic amines is 1. The van der Waals surface area contributed by atoms with Crippen molar-refractivity contribution < 1.29 is 9.26 Å². The number of nitrogen functional groups attached to an aromatic ring is 2. The second kappa shape index (κ2) is 6.33. The number of benzene rings is 1. The van der Waals surface area contributed by atoms with E-state index in [0.29, 0.717) is 28.1 Å². The van der Waals surface area contributed by atoms with Crippen LogP contribution in [-0.4, -0.2) is 27.4 Å². The molecule has 0 aliphatic carbocycles. The van der Waals surface area contributed by atoms with Crippen LogP contribution in [0.3, 0.4) is 0 Å². The number of H-pyrrole nitrogens is 1. The van der Waals surface area contributed by atoms with E-state index in [4.69, 9.17) is 20.7 Å². The molecule has 4 aromatic rings. The predicted octanol–water partition coefficient (Wildman–Crippen LogP) is 2.87. The molecule has 5 N–H and O–H groups in total. The highest BCUT2D eigenvalue weighted by Gasteiger charge is 2.19. The van der Waals surface area contributed by atoms with Crippen molar-refractivity contribution in [2.75, 3.05) is 18.6 Å². The molecule has 0 amide bonds. The van der Waals surface area contributed by atoms with Gasteiger partial charge in [0.2, 0.25) is 0 Å². The first-order chi connectivity index (χ1) is 11.7. The van der Waals surface area contributed by atoms with Gasteiger partial charge in [0.25, 0.3) is 0 Å².